The second-order valence-corrected chi connectivity index (χ2v) is 7.82. The lowest BCUT2D eigenvalue weighted by Gasteiger charge is -2.32. The first-order valence-corrected chi connectivity index (χ1v) is 10.4. The van der Waals surface area contributed by atoms with Crippen LogP contribution in [0.15, 0.2) is 24.3 Å². The molecule has 144 valence electrons. The van der Waals surface area contributed by atoms with Crippen molar-refractivity contribution < 1.29 is 9.53 Å². The van der Waals surface area contributed by atoms with E-state index in [1.165, 1.54) is 43.5 Å². The van der Waals surface area contributed by atoms with Crippen LogP contribution in [0.25, 0.3) is 0 Å². The highest BCUT2D eigenvalue weighted by Gasteiger charge is 2.22. The molecule has 4 nitrogen and oxygen atoms in total. The molecule has 0 bridgehead atoms. The molecule has 2 aliphatic heterocycles. The van der Waals surface area contributed by atoms with E-state index in [9.17, 15) is 4.79 Å². The van der Waals surface area contributed by atoms with E-state index < -0.39 is 0 Å². The molecule has 1 aromatic rings. The predicted molar refractivity (Wildman–Crippen MR) is 105 cm³/mol. The quantitative estimate of drug-likeness (QED) is 0.748. The van der Waals surface area contributed by atoms with Crippen molar-refractivity contribution in [2.75, 3.05) is 39.4 Å². The summed E-state index contributed by atoms with van der Waals surface area (Å²) in [6.07, 6.45) is 7.44. The Bertz CT molecular complexity index is 544. The van der Waals surface area contributed by atoms with Gasteiger partial charge in [-0.2, -0.15) is 0 Å². The van der Waals surface area contributed by atoms with Crippen molar-refractivity contribution in [1.29, 1.82) is 0 Å². The maximum absolute atomic E-state index is 12.0. The molecule has 4 heteroatoms. The average Bonchev–Trinajstić information content (AvgIpc) is 2.69. The second kappa shape index (κ2) is 10.1. The highest BCUT2D eigenvalue weighted by Crippen LogP contribution is 2.22. The fourth-order valence-electron chi connectivity index (χ4n) is 4.16. The molecule has 0 radical (unpaired) electrons. The Balaban J connectivity index is 1.41. The number of ether oxygens (including phenoxy) is 1. The molecule has 0 aliphatic carbocycles. The molecule has 1 aromatic carbocycles. The summed E-state index contributed by atoms with van der Waals surface area (Å²) >= 11 is 0. The van der Waals surface area contributed by atoms with Gasteiger partial charge in [0.05, 0.1) is 0 Å². The Hall–Kier alpha value is -1.39. The zero-order chi connectivity index (χ0) is 18.2. The van der Waals surface area contributed by atoms with E-state index in [2.05, 4.69) is 29.2 Å². The van der Waals surface area contributed by atoms with E-state index in [0.717, 1.165) is 38.9 Å². The van der Waals surface area contributed by atoms with Crippen LogP contribution in [0.2, 0.25) is 0 Å². The Kier molecular flexibility index (Phi) is 7.51. The number of amides is 1. The molecule has 0 aromatic heterocycles. The summed E-state index contributed by atoms with van der Waals surface area (Å²) in [5.41, 5.74) is 2.87. The fraction of sp³-hybridized carbons (Fsp3) is 0.682. The van der Waals surface area contributed by atoms with Crippen molar-refractivity contribution in [1.82, 2.24) is 9.80 Å². The summed E-state index contributed by atoms with van der Waals surface area (Å²) in [6, 6.07) is 9.24. The van der Waals surface area contributed by atoms with Crippen LogP contribution in [0.5, 0.6) is 0 Å². The molecule has 3 rings (SSSR count). The minimum absolute atomic E-state index is 0.146. The van der Waals surface area contributed by atoms with Crippen LogP contribution < -0.4 is 0 Å². The lowest BCUT2D eigenvalue weighted by Crippen LogP contribution is -2.40. The molecule has 0 spiro atoms. The largest absolute Gasteiger partial charge is 0.372 e. The SMILES string of the molecule is CCOCC(=O)N1CCC(Cc2ccc(CN3CCCCC3)cc2)CC1. The van der Waals surface area contributed by atoms with Crippen molar-refractivity contribution in [3.05, 3.63) is 35.4 Å². The number of carbonyl (C=O) groups excluding carboxylic acids is 1. The maximum Gasteiger partial charge on any atom is 0.248 e. The first kappa shape index (κ1) is 19.4. The van der Waals surface area contributed by atoms with Crippen molar-refractivity contribution in [2.24, 2.45) is 5.92 Å². The summed E-state index contributed by atoms with van der Waals surface area (Å²) in [5.74, 6) is 0.839. The lowest BCUT2D eigenvalue weighted by atomic mass is 9.90. The van der Waals surface area contributed by atoms with Crippen molar-refractivity contribution in [2.45, 2.75) is 52.0 Å². The summed E-state index contributed by atoms with van der Waals surface area (Å²) < 4.78 is 5.24. The molecule has 2 aliphatic rings. The van der Waals surface area contributed by atoms with Crippen molar-refractivity contribution in [3.8, 4) is 0 Å². The van der Waals surface area contributed by atoms with E-state index in [1.54, 1.807) is 0 Å². The van der Waals surface area contributed by atoms with Gasteiger partial charge in [0, 0.05) is 26.2 Å². The third-order valence-corrected chi connectivity index (χ3v) is 5.80. The van der Waals surface area contributed by atoms with Gasteiger partial charge in [0.25, 0.3) is 0 Å². The monoisotopic (exact) mass is 358 g/mol. The number of carbonyl (C=O) groups is 1. The van der Waals surface area contributed by atoms with E-state index >= 15 is 0 Å². The van der Waals surface area contributed by atoms with E-state index in [0.29, 0.717) is 12.5 Å². The molecule has 0 N–H and O–H groups in total. The van der Waals surface area contributed by atoms with Gasteiger partial charge in [-0.05, 0) is 69.2 Å². The van der Waals surface area contributed by atoms with Gasteiger partial charge in [-0.3, -0.25) is 9.69 Å². The molecule has 2 heterocycles. The maximum atomic E-state index is 12.0. The van der Waals surface area contributed by atoms with Gasteiger partial charge < -0.3 is 9.64 Å². The molecule has 2 saturated heterocycles. The Labute approximate surface area is 158 Å². The highest BCUT2D eigenvalue weighted by atomic mass is 16.5. The summed E-state index contributed by atoms with van der Waals surface area (Å²) in [6.45, 7) is 8.13. The van der Waals surface area contributed by atoms with Gasteiger partial charge in [-0.15, -0.1) is 0 Å². The zero-order valence-corrected chi connectivity index (χ0v) is 16.3. The topological polar surface area (TPSA) is 32.8 Å². The number of hydrogen-bond donors (Lipinski definition) is 0. The first-order valence-electron chi connectivity index (χ1n) is 10.4. The minimum atomic E-state index is 0.146. The standard InChI is InChI=1S/C22H34N2O2/c1-2-26-18-22(25)24-14-10-20(11-15-24)16-19-6-8-21(9-7-19)17-23-12-4-3-5-13-23/h6-9,20H,2-5,10-18H2,1H3. The van der Waals surface area contributed by atoms with Gasteiger partial charge in [0.1, 0.15) is 6.61 Å². The Morgan fingerprint density at radius 3 is 2.31 bits per heavy atom. The predicted octanol–water partition coefficient (Wildman–Crippen LogP) is 3.49. The van der Waals surface area contributed by atoms with Crippen LogP contribution in [0.1, 0.15) is 50.2 Å². The van der Waals surface area contributed by atoms with Crippen LogP contribution in [-0.4, -0.2) is 55.1 Å². The summed E-state index contributed by atoms with van der Waals surface area (Å²) in [4.78, 5) is 16.6. The lowest BCUT2D eigenvalue weighted by molar-refractivity contribution is -0.137. The summed E-state index contributed by atoms with van der Waals surface area (Å²) in [5, 5.41) is 0. The zero-order valence-electron chi connectivity index (χ0n) is 16.3. The van der Waals surface area contributed by atoms with Crippen LogP contribution in [0.3, 0.4) is 0 Å². The number of nitrogens with zero attached hydrogens (tertiary/aromatic N) is 2. The fourth-order valence-corrected chi connectivity index (χ4v) is 4.16. The minimum Gasteiger partial charge on any atom is -0.372 e. The number of hydrogen-bond acceptors (Lipinski definition) is 3. The van der Waals surface area contributed by atoms with Crippen LogP contribution in [0.4, 0.5) is 0 Å². The van der Waals surface area contributed by atoms with Gasteiger partial charge in [-0.1, -0.05) is 30.7 Å². The number of rotatable bonds is 7. The third kappa shape index (κ3) is 5.82. The average molecular weight is 359 g/mol. The molecule has 2 fully saturated rings. The Morgan fingerprint density at radius 2 is 1.65 bits per heavy atom. The third-order valence-electron chi connectivity index (χ3n) is 5.80. The highest BCUT2D eigenvalue weighted by molar-refractivity contribution is 5.77. The van der Waals surface area contributed by atoms with Crippen LogP contribution in [0, 0.1) is 5.92 Å². The molecule has 1 amide bonds. The van der Waals surface area contributed by atoms with Crippen LogP contribution in [-0.2, 0) is 22.5 Å². The molecule has 0 atom stereocenters. The number of likely N-dealkylation sites (tertiary alicyclic amines) is 2. The second-order valence-electron chi connectivity index (χ2n) is 7.82. The first-order chi connectivity index (χ1) is 12.7. The van der Waals surface area contributed by atoms with Crippen molar-refractivity contribution in [3.63, 3.8) is 0 Å². The van der Waals surface area contributed by atoms with E-state index in [4.69, 9.17) is 4.74 Å². The van der Waals surface area contributed by atoms with Gasteiger partial charge >= 0.3 is 0 Å². The number of piperidine rings is 2. The van der Waals surface area contributed by atoms with Gasteiger partial charge in [-0.25, -0.2) is 0 Å². The number of benzene rings is 1. The van der Waals surface area contributed by atoms with Crippen molar-refractivity contribution >= 4 is 5.91 Å². The van der Waals surface area contributed by atoms with Gasteiger partial charge in [0.2, 0.25) is 5.91 Å². The molecule has 0 unspecified atom stereocenters. The Morgan fingerprint density at radius 1 is 1.00 bits per heavy atom. The van der Waals surface area contributed by atoms with E-state index in [-0.39, 0.29) is 12.5 Å². The van der Waals surface area contributed by atoms with Crippen LogP contribution >= 0.6 is 0 Å². The molecule has 0 saturated carbocycles. The molecule has 26 heavy (non-hydrogen) atoms. The molecular weight excluding hydrogens is 324 g/mol. The smallest absolute Gasteiger partial charge is 0.248 e. The van der Waals surface area contributed by atoms with E-state index in [1.807, 2.05) is 11.8 Å². The van der Waals surface area contributed by atoms with Gasteiger partial charge in [0.15, 0.2) is 0 Å². The molecular formula is C22H34N2O2. The normalized spacial score (nSPS) is 19.7. The summed E-state index contributed by atoms with van der Waals surface area (Å²) in [7, 11) is 0.